The maximum atomic E-state index is 13.9. The van der Waals surface area contributed by atoms with E-state index in [1.54, 1.807) is 19.0 Å². The van der Waals surface area contributed by atoms with Crippen LogP contribution >= 0.6 is 0 Å². The molecule has 1 aromatic carbocycles. The summed E-state index contributed by atoms with van der Waals surface area (Å²) in [6.07, 6.45) is -0.854. The minimum Gasteiger partial charge on any atom is -0.505 e. The highest BCUT2D eigenvalue weighted by molar-refractivity contribution is 6.32. The predicted molar refractivity (Wildman–Crippen MR) is 132 cm³/mol. The van der Waals surface area contributed by atoms with E-state index in [4.69, 9.17) is 5.73 Å². The second kappa shape index (κ2) is 9.17. The van der Waals surface area contributed by atoms with Crippen molar-refractivity contribution in [1.29, 1.82) is 0 Å². The van der Waals surface area contributed by atoms with Crippen molar-refractivity contribution in [3.05, 3.63) is 17.2 Å². The first-order chi connectivity index (χ1) is 17.7. The van der Waals surface area contributed by atoms with Crippen LogP contribution in [0.2, 0.25) is 0 Å². The monoisotopic (exact) mass is 530 g/mol. The molecule has 6 atom stereocenters. The van der Waals surface area contributed by atoms with E-state index in [1.807, 2.05) is 0 Å². The first kappa shape index (κ1) is 27.2. The van der Waals surface area contributed by atoms with Gasteiger partial charge in [-0.25, -0.2) is 4.79 Å². The summed E-state index contributed by atoms with van der Waals surface area (Å²) in [6, 6.07) is 0.290. The highest BCUT2D eigenvalue weighted by Gasteiger charge is 2.69. The minimum absolute atomic E-state index is 0.0559. The summed E-state index contributed by atoms with van der Waals surface area (Å²) in [5.41, 5.74) is 3.05. The highest BCUT2D eigenvalue weighted by Crippen LogP contribution is 2.52. The molecule has 3 aliphatic rings. The van der Waals surface area contributed by atoms with E-state index >= 15 is 0 Å². The van der Waals surface area contributed by atoms with Gasteiger partial charge in [-0.05, 0) is 44.5 Å². The number of anilines is 2. The average Bonchev–Trinajstić information content (AvgIpc) is 2.82. The number of hydrogen-bond acceptors (Lipinski definition) is 11. The first-order valence-corrected chi connectivity index (χ1v) is 11.9. The number of carbonyl (C=O) groups excluding carboxylic acids is 6. The minimum atomic E-state index is -2.81. The number of nitrogens with one attached hydrogen (secondary N) is 1. The molecule has 38 heavy (non-hydrogen) atoms. The number of phenolic OH excluding ortho intramolecular Hbond substituents is 1. The van der Waals surface area contributed by atoms with E-state index in [0.29, 0.717) is 11.3 Å². The standard InChI is InChI=1S/C25H30N4O9/c1-28(2)13-8-12(27-24(36)38-5)18(30)15-10(13)6-9-7-11-17(29(3)4)20(32)16(23(26)35)22(34)25(11,37)21(33)14(9)19(15)31/h8-9,11,14,16-17,30,37H,6-7H2,1-5H3,(H2,26,35)(H,27,36)/t9?,11?,14?,16?,17-,25-/m0/s1. The number of ketones is 4. The summed E-state index contributed by atoms with van der Waals surface area (Å²) in [5, 5.41) is 24.9. The zero-order valence-corrected chi connectivity index (χ0v) is 21.6. The number of likely N-dealkylation sites (N-methyl/N-ethyl adjacent to an activating group) is 1. The van der Waals surface area contributed by atoms with E-state index in [9.17, 15) is 39.0 Å². The molecule has 13 nitrogen and oxygen atoms in total. The predicted octanol–water partition coefficient (Wildman–Crippen LogP) is -0.889. The number of hydrogen-bond donors (Lipinski definition) is 4. The maximum absolute atomic E-state index is 13.9. The molecule has 204 valence electrons. The Morgan fingerprint density at radius 3 is 2.29 bits per heavy atom. The molecule has 0 aromatic heterocycles. The number of benzene rings is 1. The normalized spacial score (nSPS) is 30.3. The molecule has 0 radical (unpaired) electrons. The van der Waals surface area contributed by atoms with Crippen molar-refractivity contribution in [3.63, 3.8) is 0 Å². The zero-order chi connectivity index (χ0) is 28.4. The largest absolute Gasteiger partial charge is 0.505 e. The van der Waals surface area contributed by atoms with Gasteiger partial charge in [0.1, 0.15) is 5.75 Å². The second-order valence-corrected chi connectivity index (χ2v) is 10.4. The van der Waals surface area contributed by atoms with Crippen molar-refractivity contribution < 1.29 is 43.7 Å². The van der Waals surface area contributed by atoms with Gasteiger partial charge in [-0.15, -0.1) is 0 Å². The van der Waals surface area contributed by atoms with Crippen LogP contribution in [0.15, 0.2) is 6.07 Å². The third kappa shape index (κ3) is 3.68. The van der Waals surface area contributed by atoms with Crippen molar-refractivity contribution in [2.75, 3.05) is 45.5 Å². The number of aromatic hydroxyl groups is 1. The molecule has 1 aromatic rings. The summed E-state index contributed by atoms with van der Waals surface area (Å²) in [4.78, 5) is 81.2. The lowest BCUT2D eigenvalue weighted by Gasteiger charge is -2.52. The van der Waals surface area contributed by atoms with Crippen LogP contribution in [-0.4, -0.2) is 97.2 Å². The van der Waals surface area contributed by atoms with Crippen LogP contribution < -0.4 is 16.0 Å². The van der Waals surface area contributed by atoms with Crippen LogP contribution in [0.5, 0.6) is 5.75 Å². The average molecular weight is 531 g/mol. The van der Waals surface area contributed by atoms with Gasteiger partial charge in [0.05, 0.1) is 30.3 Å². The summed E-state index contributed by atoms with van der Waals surface area (Å²) in [6.45, 7) is 0. The number of methoxy groups -OCH3 is 1. The van der Waals surface area contributed by atoms with E-state index in [1.165, 1.54) is 25.1 Å². The number of fused-ring (bicyclic) bond motifs is 3. The number of Topliss-reactive ketones (excluding diaryl/α,β-unsaturated/α-hetero) is 4. The molecule has 5 N–H and O–H groups in total. The van der Waals surface area contributed by atoms with Crippen LogP contribution in [0.1, 0.15) is 22.3 Å². The quantitative estimate of drug-likeness (QED) is 0.278. The summed E-state index contributed by atoms with van der Waals surface area (Å²) in [5.74, 6) is -11.5. The molecule has 0 spiro atoms. The molecule has 4 rings (SSSR count). The number of amides is 2. The Bertz CT molecular complexity index is 1290. The summed E-state index contributed by atoms with van der Waals surface area (Å²) < 4.78 is 4.58. The van der Waals surface area contributed by atoms with E-state index < -0.39 is 76.2 Å². The van der Waals surface area contributed by atoms with Crippen LogP contribution in [0.3, 0.4) is 0 Å². The number of ether oxygens (including phenoxy) is 1. The van der Waals surface area contributed by atoms with Crippen molar-refractivity contribution in [2.24, 2.45) is 29.4 Å². The number of primary amides is 1. The van der Waals surface area contributed by atoms with Gasteiger partial charge >= 0.3 is 6.09 Å². The van der Waals surface area contributed by atoms with Crippen molar-refractivity contribution in [3.8, 4) is 5.75 Å². The van der Waals surface area contributed by atoms with Gasteiger partial charge in [-0.3, -0.25) is 34.2 Å². The third-order valence-corrected chi connectivity index (χ3v) is 7.94. The Labute approximate surface area is 217 Å². The van der Waals surface area contributed by atoms with E-state index in [-0.39, 0.29) is 24.1 Å². The Hall–Kier alpha value is -3.84. The van der Waals surface area contributed by atoms with Gasteiger partial charge in [0.15, 0.2) is 34.7 Å². The fraction of sp³-hybridized carbons (Fsp3) is 0.520. The molecule has 2 amide bonds. The topological polar surface area (TPSA) is 197 Å². The lowest BCUT2D eigenvalue weighted by atomic mass is 9.52. The Kier molecular flexibility index (Phi) is 6.56. The summed E-state index contributed by atoms with van der Waals surface area (Å²) >= 11 is 0. The Morgan fingerprint density at radius 2 is 1.76 bits per heavy atom. The van der Waals surface area contributed by atoms with Crippen LogP contribution in [-0.2, 0) is 30.3 Å². The number of rotatable bonds is 4. The maximum Gasteiger partial charge on any atom is 0.411 e. The van der Waals surface area contributed by atoms with Crippen LogP contribution in [0.25, 0.3) is 0 Å². The van der Waals surface area contributed by atoms with Gasteiger partial charge < -0.3 is 25.6 Å². The van der Waals surface area contributed by atoms with Gasteiger partial charge in [-0.1, -0.05) is 0 Å². The second-order valence-electron chi connectivity index (χ2n) is 10.4. The Balaban J connectivity index is 1.89. The molecule has 0 saturated heterocycles. The molecule has 0 heterocycles. The molecular weight excluding hydrogens is 500 g/mol. The molecular formula is C25H30N4O9. The molecule has 4 unspecified atom stereocenters. The van der Waals surface area contributed by atoms with Crippen molar-refractivity contribution in [2.45, 2.75) is 24.5 Å². The zero-order valence-electron chi connectivity index (χ0n) is 21.6. The number of nitrogens with zero attached hydrogens (tertiary/aromatic N) is 2. The molecule has 2 fully saturated rings. The Morgan fingerprint density at radius 1 is 1.13 bits per heavy atom. The number of nitrogens with two attached hydrogens (primary N) is 1. The molecule has 13 heteroatoms. The van der Waals surface area contributed by atoms with Gasteiger partial charge in [-0.2, -0.15) is 0 Å². The fourth-order valence-corrected chi connectivity index (χ4v) is 6.31. The van der Waals surface area contributed by atoms with Gasteiger partial charge in [0.25, 0.3) is 0 Å². The highest BCUT2D eigenvalue weighted by atomic mass is 16.5. The van der Waals surface area contributed by atoms with Gasteiger partial charge in [0, 0.05) is 25.7 Å². The van der Waals surface area contributed by atoms with Crippen LogP contribution in [0.4, 0.5) is 16.2 Å². The molecule has 2 saturated carbocycles. The SMILES string of the molecule is COC(=O)Nc1cc(N(C)C)c2c(c1O)C(=O)C1C(=O)[C@]3(O)C(=O)C(C(N)=O)C(=O)[C@@H](N(C)C)C3CC1C2. The van der Waals surface area contributed by atoms with Crippen molar-refractivity contribution in [1.82, 2.24) is 4.90 Å². The molecule has 0 aliphatic heterocycles. The van der Waals surface area contributed by atoms with Gasteiger partial charge in [0.2, 0.25) is 5.91 Å². The third-order valence-electron chi connectivity index (χ3n) is 7.94. The first-order valence-electron chi connectivity index (χ1n) is 11.9. The molecule has 0 bridgehead atoms. The number of phenols is 1. The lowest BCUT2D eigenvalue weighted by Crippen LogP contribution is -2.74. The number of carbonyl (C=O) groups is 6. The van der Waals surface area contributed by atoms with E-state index in [0.717, 1.165) is 7.11 Å². The fourth-order valence-electron chi connectivity index (χ4n) is 6.31. The number of aliphatic hydroxyl groups is 1. The smallest absolute Gasteiger partial charge is 0.411 e. The summed E-state index contributed by atoms with van der Waals surface area (Å²) in [7, 11) is 7.55. The van der Waals surface area contributed by atoms with E-state index in [2.05, 4.69) is 10.1 Å². The van der Waals surface area contributed by atoms with Crippen molar-refractivity contribution >= 4 is 46.5 Å². The van der Waals surface area contributed by atoms with Crippen LogP contribution in [0, 0.1) is 23.7 Å². The lowest BCUT2D eigenvalue weighted by molar-refractivity contribution is -0.181. The molecule has 3 aliphatic carbocycles.